The van der Waals surface area contributed by atoms with E-state index < -0.39 is 22.0 Å². The number of carboxylic acid groups (broad SMARTS) is 1. The van der Waals surface area contributed by atoms with E-state index in [0.29, 0.717) is 5.69 Å². The van der Waals surface area contributed by atoms with Crippen molar-refractivity contribution in [2.75, 3.05) is 10.6 Å². The number of aliphatic carboxylic acids is 1. The maximum absolute atomic E-state index is 11.9. The van der Waals surface area contributed by atoms with Gasteiger partial charge >= 0.3 is 5.97 Å². The molecule has 1 rings (SSSR count). The number of nitrogens with zero attached hydrogens (tertiary/aromatic N) is 1. The molecule has 19 heavy (non-hydrogen) atoms. The van der Waals surface area contributed by atoms with Crippen molar-refractivity contribution in [2.45, 2.75) is 32.7 Å². The summed E-state index contributed by atoms with van der Waals surface area (Å²) in [6.07, 6.45) is 1.02. The molecular weight excluding hydrogens is 266 g/mol. The van der Waals surface area contributed by atoms with Crippen LogP contribution < -0.4 is 4.31 Å². The smallest absolute Gasteiger partial charge is 0.327 e. The summed E-state index contributed by atoms with van der Waals surface area (Å²) < 4.78 is 24.8. The Morgan fingerprint density at radius 1 is 1.21 bits per heavy atom. The summed E-state index contributed by atoms with van der Waals surface area (Å²) in [5.74, 6) is -1.08. The van der Waals surface area contributed by atoms with E-state index in [4.69, 9.17) is 5.11 Å². The summed E-state index contributed by atoms with van der Waals surface area (Å²) in [5, 5.41) is 9.10. The number of para-hydroxylation sites is 1. The molecule has 1 aromatic carbocycles. The van der Waals surface area contributed by atoms with Gasteiger partial charge in [-0.05, 0) is 24.5 Å². The van der Waals surface area contributed by atoms with E-state index in [-0.39, 0.29) is 5.92 Å². The highest BCUT2D eigenvalue weighted by Gasteiger charge is 2.30. The molecule has 1 atom stereocenters. The van der Waals surface area contributed by atoms with E-state index in [1.807, 2.05) is 26.0 Å². The van der Waals surface area contributed by atoms with Crippen molar-refractivity contribution in [3.8, 4) is 0 Å². The van der Waals surface area contributed by atoms with Gasteiger partial charge in [-0.1, -0.05) is 32.0 Å². The third kappa shape index (κ3) is 3.47. The van der Waals surface area contributed by atoms with Gasteiger partial charge in [0.2, 0.25) is 10.0 Å². The summed E-state index contributed by atoms with van der Waals surface area (Å²) in [6.45, 7) is 5.23. The molecule has 0 saturated heterocycles. The normalized spacial score (nSPS) is 13.3. The first kappa shape index (κ1) is 15.5. The number of carbonyl (C=O) groups is 1. The molecule has 1 N–H and O–H groups in total. The van der Waals surface area contributed by atoms with Crippen molar-refractivity contribution >= 4 is 21.7 Å². The molecule has 0 radical (unpaired) electrons. The van der Waals surface area contributed by atoms with Gasteiger partial charge in [-0.3, -0.25) is 4.31 Å². The van der Waals surface area contributed by atoms with E-state index in [0.717, 1.165) is 16.1 Å². The number of sulfonamides is 1. The van der Waals surface area contributed by atoms with Crippen molar-refractivity contribution < 1.29 is 18.3 Å². The van der Waals surface area contributed by atoms with Gasteiger partial charge in [-0.15, -0.1) is 0 Å². The first-order valence-corrected chi connectivity index (χ1v) is 7.82. The molecule has 6 heteroatoms. The van der Waals surface area contributed by atoms with Crippen LogP contribution in [-0.4, -0.2) is 31.8 Å². The fraction of sp³-hybridized carbons (Fsp3) is 0.462. The summed E-state index contributed by atoms with van der Waals surface area (Å²) in [4.78, 5) is 11.1. The van der Waals surface area contributed by atoms with Crippen LogP contribution >= 0.6 is 0 Å². The van der Waals surface area contributed by atoms with Crippen LogP contribution in [0.2, 0.25) is 0 Å². The number of hydrogen-bond acceptors (Lipinski definition) is 3. The molecule has 0 aliphatic rings. The first-order valence-electron chi connectivity index (χ1n) is 5.97. The molecule has 0 spiro atoms. The van der Waals surface area contributed by atoms with Gasteiger partial charge in [0.1, 0.15) is 6.04 Å². The molecule has 0 fully saturated rings. The lowest BCUT2D eigenvalue weighted by Crippen LogP contribution is -2.43. The van der Waals surface area contributed by atoms with Crippen LogP contribution in [0, 0.1) is 0 Å². The Kier molecular flexibility index (Phi) is 4.57. The van der Waals surface area contributed by atoms with E-state index in [9.17, 15) is 13.2 Å². The molecule has 0 heterocycles. The summed E-state index contributed by atoms with van der Waals surface area (Å²) in [7, 11) is -3.67. The van der Waals surface area contributed by atoms with E-state index in [1.165, 1.54) is 6.92 Å². The average molecular weight is 285 g/mol. The van der Waals surface area contributed by atoms with Gasteiger partial charge in [0, 0.05) is 0 Å². The Morgan fingerprint density at radius 2 is 1.74 bits per heavy atom. The van der Waals surface area contributed by atoms with Crippen LogP contribution in [0.3, 0.4) is 0 Å². The SMILES string of the molecule is CC(C)c1ccccc1N(C(C)C(=O)O)S(C)(=O)=O. The third-order valence-electron chi connectivity index (χ3n) is 2.86. The predicted octanol–water partition coefficient (Wildman–Crippen LogP) is 2.05. The zero-order chi connectivity index (χ0) is 14.8. The van der Waals surface area contributed by atoms with Gasteiger partial charge in [-0.2, -0.15) is 0 Å². The van der Waals surface area contributed by atoms with Crippen LogP contribution in [-0.2, 0) is 14.8 Å². The highest BCUT2D eigenvalue weighted by atomic mass is 32.2. The molecule has 1 unspecified atom stereocenters. The molecule has 0 bridgehead atoms. The maximum atomic E-state index is 11.9. The molecule has 106 valence electrons. The Labute approximate surface area is 113 Å². The van der Waals surface area contributed by atoms with Crippen LogP contribution in [0.4, 0.5) is 5.69 Å². The highest BCUT2D eigenvalue weighted by Crippen LogP contribution is 2.30. The Morgan fingerprint density at radius 3 is 2.16 bits per heavy atom. The minimum absolute atomic E-state index is 0.0986. The van der Waals surface area contributed by atoms with Crippen molar-refractivity contribution in [3.05, 3.63) is 29.8 Å². The van der Waals surface area contributed by atoms with Crippen molar-refractivity contribution in [3.63, 3.8) is 0 Å². The summed E-state index contributed by atoms with van der Waals surface area (Å²) in [6, 6.07) is 5.82. The first-order chi connectivity index (χ1) is 8.66. The Balaban J connectivity index is 3.47. The lowest BCUT2D eigenvalue weighted by Gasteiger charge is -2.29. The van der Waals surface area contributed by atoms with E-state index in [2.05, 4.69) is 0 Å². The Hall–Kier alpha value is -1.56. The van der Waals surface area contributed by atoms with Gasteiger partial charge in [-0.25, -0.2) is 13.2 Å². The summed E-state index contributed by atoms with van der Waals surface area (Å²) in [5.41, 5.74) is 1.23. The third-order valence-corrected chi connectivity index (χ3v) is 4.09. The number of hydrogen-bond donors (Lipinski definition) is 1. The highest BCUT2D eigenvalue weighted by molar-refractivity contribution is 7.92. The molecule has 0 amide bonds. The zero-order valence-corrected chi connectivity index (χ0v) is 12.3. The number of anilines is 1. The molecule has 1 aromatic rings. The van der Waals surface area contributed by atoms with Gasteiger partial charge in [0.15, 0.2) is 0 Å². The second-order valence-electron chi connectivity index (χ2n) is 4.79. The second kappa shape index (κ2) is 5.61. The quantitative estimate of drug-likeness (QED) is 0.898. The topological polar surface area (TPSA) is 74.7 Å². The van der Waals surface area contributed by atoms with E-state index >= 15 is 0 Å². The molecule has 5 nitrogen and oxygen atoms in total. The molecule has 0 saturated carbocycles. The van der Waals surface area contributed by atoms with Crippen LogP contribution in [0.1, 0.15) is 32.3 Å². The lowest BCUT2D eigenvalue weighted by molar-refractivity contribution is -0.137. The molecule has 0 aliphatic heterocycles. The van der Waals surface area contributed by atoms with Crippen LogP contribution in [0.15, 0.2) is 24.3 Å². The van der Waals surface area contributed by atoms with Gasteiger partial charge in [0.05, 0.1) is 11.9 Å². The Bertz CT molecular complexity index is 566. The molecule has 0 aliphatic carbocycles. The lowest BCUT2D eigenvalue weighted by atomic mass is 10.0. The number of carboxylic acids is 1. The number of rotatable bonds is 5. The van der Waals surface area contributed by atoms with Crippen molar-refractivity contribution in [1.82, 2.24) is 0 Å². The molecular formula is C13H19NO4S. The van der Waals surface area contributed by atoms with Gasteiger partial charge in [0.25, 0.3) is 0 Å². The maximum Gasteiger partial charge on any atom is 0.327 e. The fourth-order valence-corrected chi connectivity index (χ4v) is 3.14. The van der Waals surface area contributed by atoms with E-state index in [1.54, 1.807) is 12.1 Å². The summed E-state index contributed by atoms with van der Waals surface area (Å²) >= 11 is 0. The van der Waals surface area contributed by atoms with Crippen LogP contribution in [0.25, 0.3) is 0 Å². The average Bonchev–Trinajstić information content (AvgIpc) is 2.27. The van der Waals surface area contributed by atoms with Gasteiger partial charge < -0.3 is 5.11 Å². The zero-order valence-electron chi connectivity index (χ0n) is 11.5. The van der Waals surface area contributed by atoms with Crippen molar-refractivity contribution in [1.29, 1.82) is 0 Å². The minimum Gasteiger partial charge on any atom is -0.480 e. The minimum atomic E-state index is -3.67. The molecule has 0 aromatic heterocycles. The standard InChI is InChI=1S/C13H19NO4S/c1-9(2)11-7-5-6-8-12(11)14(19(4,17)18)10(3)13(15)16/h5-10H,1-4H3,(H,15,16). The fourth-order valence-electron chi connectivity index (χ4n) is 1.95. The largest absolute Gasteiger partial charge is 0.480 e. The monoisotopic (exact) mass is 285 g/mol. The number of benzene rings is 1. The second-order valence-corrected chi connectivity index (χ2v) is 6.65. The van der Waals surface area contributed by atoms with Crippen molar-refractivity contribution in [2.24, 2.45) is 0 Å². The predicted molar refractivity (Wildman–Crippen MR) is 75.0 cm³/mol. The van der Waals surface area contributed by atoms with Crippen LogP contribution in [0.5, 0.6) is 0 Å².